The fraction of sp³-hybridized carbons (Fsp3) is 0.133. The summed E-state index contributed by atoms with van der Waals surface area (Å²) in [5.74, 6) is -4.03. The first-order valence-corrected chi connectivity index (χ1v) is 8.02. The predicted octanol–water partition coefficient (Wildman–Crippen LogP) is 1.94. The number of carbonyl (C=O) groups is 1. The van der Waals surface area contributed by atoms with Gasteiger partial charge in [0.05, 0.1) is 0 Å². The summed E-state index contributed by atoms with van der Waals surface area (Å²) >= 11 is 0. The number of halogens is 2. The summed E-state index contributed by atoms with van der Waals surface area (Å²) in [5.41, 5.74) is 0.566. The van der Waals surface area contributed by atoms with Crippen molar-refractivity contribution in [1.82, 2.24) is 4.72 Å². The van der Waals surface area contributed by atoms with Crippen molar-refractivity contribution < 1.29 is 27.1 Å². The quantitative estimate of drug-likeness (QED) is 0.841. The molecule has 0 fully saturated rings. The third-order valence-corrected chi connectivity index (χ3v) is 4.59. The molecule has 2 aromatic carbocycles. The highest BCUT2D eigenvalue weighted by Gasteiger charge is 2.30. The summed E-state index contributed by atoms with van der Waals surface area (Å²) in [6.45, 7) is 0. The average Bonchev–Trinajstić information content (AvgIpc) is 2.46. The highest BCUT2D eigenvalue weighted by molar-refractivity contribution is 7.89. The maximum Gasteiger partial charge on any atom is 0.322 e. The van der Waals surface area contributed by atoms with E-state index in [1.54, 1.807) is 30.3 Å². The van der Waals surface area contributed by atoms with Crippen LogP contribution in [0, 0.1) is 11.6 Å². The number of carboxylic acid groups (broad SMARTS) is 1. The second kappa shape index (κ2) is 6.84. The SMILES string of the molecule is O=C(O)[C@H](Cc1ccccc1)NS(=O)(=O)c1c(F)cccc1F. The smallest absolute Gasteiger partial charge is 0.322 e. The molecule has 0 radical (unpaired) electrons. The molecule has 0 saturated carbocycles. The number of carboxylic acids is 1. The van der Waals surface area contributed by atoms with Gasteiger partial charge in [0, 0.05) is 0 Å². The lowest BCUT2D eigenvalue weighted by atomic mass is 10.1. The van der Waals surface area contributed by atoms with E-state index in [9.17, 15) is 22.0 Å². The Morgan fingerprint density at radius 1 is 1.04 bits per heavy atom. The van der Waals surface area contributed by atoms with Gasteiger partial charge in [0.25, 0.3) is 0 Å². The summed E-state index contributed by atoms with van der Waals surface area (Å²) in [5, 5.41) is 9.17. The summed E-state index contributed by atoms with van der Waals surface area (Å²) in [6, 6.07) is 9.32. The van der Waals surface area contributed by atoms with Crippen molar-refractivity contribution in [1.29, 1.82) is 0 Å². The van der Waals surface area contributed by atoms with E-state index in [1.165, 1.54) is 0 Å². The van der Waals surface area contributed by atoms with Crippen LogP contribution in [0.3, 0.4) is 0 Å². The summed E-state index contributed by atoms with van der Waals surface area (Å²) in [6.07, 6.45) is -0.161. The Morgan fingerprint density at radius 2 is 1.61 bits per heavy atom. The zero-order chi connectivity index (χ0) is 17.0. The van der Waals surface area contributed by atoms with E-state index in [1.807, 2.05) is 4.72 Å². The maximum atomic E-state index is 13.6. The Hall–Kier alpha value is -2.32. The number of hydrogen-bond donors (Lipinski definition) is 2. The van der Waals surface area contributed by atoms with Crippen molar-refractivity contribution in [2.45, 2.75) is 17.4 Å². The first-order chi connectivity index (χ1) is 10.8. The molecule has 0 aliphatic rings. The Labute approximate surface area is 131 Å². The van der Waals surface area contributed by atoms with Gasteiger partial charge >= 0.3 is 5.97 Å². The number of nitrogens with one attached hydrogen (secondary N) is 1. The normalized spacial score (nSPS) is 12.8. The fourth-order valence-electron chi connectivity index (χ4n) is 2.01. The van der Waals surface area contributed by atoms with Crippen LogP contribution in [0.2, 0.25) is 0 Å². The molecule has 23 heavy (non-hydrogen) atoms. The molecule has 0 bridgehead atoms. The molecule has 0 aromatic heterocycles. The van der Waals surface area contributed by atoms with Gasteiger partial charge < -0.3 is 5.11 Å². The van der Waals surface area contributed by atoms with Crippen LogP contribution in [0.15, 0.2) is 53.4 Å². The molecule has 8 heteroatoms. The van der Waals surface area contributed by atoms with Gasteiger partial charge in [-0.15, -0.1) is 0 Å². The van der Waals surface area contributed by atoms with Crippen LogP contribution in [0.5, 0.6) is 0 Å². The zero-order valence-electron chi connectivity index (χ0n) is 11.7. The van der Waals surface area contributed by atoms with Crippen molar-refractivity contribution in [3.05, 3.63) is 65.7 Å². The maximum absolute atomic E-state index is 13.6. The molecule has 0 saturated heterocycles. The summed E-state index contributed by atoms with van der Waals surface area (Å²) < 4.78 is 53.3. The Balaban J connectivity index is 2.31. The number of aliphatic carboxylic acids is 1. The van der Waals surface area contributed by atoms with E-state index < -0.39 is 38.6 Å². The summed E-state index contributed by atoms with van der Waals surface area (Å²) in [7, 11) is -4.67. The third-order valence-electron chi connectivity index (χ3n) is 3.07. The van der Waals surface area contributed by atoms with Crippen molar-refractivity contribution in [2.24, 2.45) is 0 Å². The number of sulfonamides is 1. The van der Waals surface area contributed by atoms with E-state index in [0.29, 0.717) is 5.56 Å². The van der Waals surface area contributed by atoms with Crippen LogP contribution in [0.1, 0.15) is 5.56 Å². The lowest BCUT2D eigenvalue weighted by molar-refractivity contribution is -0.138. The van der Waals surface area contributed by atoms with Gasteiger partial charge in [0.15, 0.2) is 4.90 Å². The number of hydrogen-bond acceptors (Lipinski definition) is 3. The van der Waals surface area contributed by atoms with E-state index in [0.717, 1.165) is 18.2 Å². The third kappa shape index (κ3) is 4.11. The molecular weight excluding hydrogens is 328 g/mol. The van der Waals surface area contributed by atoms with Gasteiger partial charge in [0.1, 0.15) is 17.7 Å². The molecular formula is C15H13F2NO4S. The standard InChI is InChI=1S/C15H13F2NO4S/c16-11-7-4-8-12(17)14(11)23(21,22)18-13(15(19)20)9-10-5-2-1-3-6-10/h1-8,13,18H,9H2,(H,19,20)/t13-/m0/s1. The van der Waals surface area contributed by atoms with Gasteiger partial charge in [-0.05, 0) is 24.1 Å². The van der Waals surface area contributed by atoms with E-state index >= 15 is 0 Å². The highest BCUT2D eigenvalue weighted by atomic mass is 32.2. The van der Waals surface area contributed by atoms with Crippen LogP contribution in [-0.4, -0.2) is 25.5 Å². The second-order valence-corrected chi connectivity index (χ2v) is 6.40. The average molecular weight is 341 g/mol. The van der Waals surface area contributed by atoms with Gasteiger partial charge in [-0.3, -0.25) is 4.79 Å². The topological polar surface area (TPSA) is 83.5 Å². The lowest BCUT2D eigenvalue weighted by Crippen LogP contribution is -2.42. The van der Waals surface area contributed by atoms with Crippen LogP contribution in [0.25, 0.3) is 0 Å². The molecule has 0 aliphatic carbocycles. The lowest BCUT2D eigenvalue weighted by Gasteiger charge is -2.15. The number of rotatable bonds is 6. The molecule has 2 aromatic rings. The monoisotopic (exact) mass is 341 g/mol. The molecule has 0 heterocycles. The van der Waals surface area contributed by atoms with Gasteiger partial charge in [-0.2, -0.15) is 4.72 Å². The molecule has 0 spiro atoms. The van der Waals surface area contributed by atoms with Crippen LogP contribution in [0.4, 0.5) is 8.78 Å². The molecule has 2 rings (SSSR count). The fourth-order valence-corrected chi connectivity index (χ4v) is 3.34. The molecule has 0 amide bonds. The predicted molar refractivity (Wildman–Crippen MR) is 78.2 cm³/mol. The van der Waals surface area contributed by atoms with Crippen molar-refractivity contribution in [3.8, 4) is 0 Å². The minimum absolute atomic E-state index is 0.161. The molecule has 0 aliphatic heterocycles. The second-order valence-electron chi connectivity index (χ2n) is 4.75. The molecule has 1 atom stereocenters. The largest absolute Gasteiger partial charge is 0.480 e. The van der Waals surface area contributed by atoms with E-state index in [-0.39, 0.29) is 6.42 Å². The summed E-state index contributed by atoms with van der Waals surface area (Å²) in [4.78, 5) is 10.1. The minimum atomic E-state index is -4.67. The van der Waals surface area contributed by atoms with Gasteiger partial charge in [-0.25, -0.2) is 17.2 Å². The molecule has 5 nitrogen and oxygen atoms in total. The number of benzene rings is 2. The minimum Gasteiger partial charge on any atom is -0.480 e. The molecule has 0 unspecified atom stereocenters. The molecule has 122 valence electrons. The van der Waals surface area contributed by atoms with Crippen molar-refractivity contribution in [2.75, 3.05) is 0 Å². The van der Waals surface area contributed by atoms with E-state index in [4.69, 9.17) is 5.11 Å². The highest BCUT2D eigenvalue weighted by Crippen LogP contribution is 2.19. The Kier molecular flexibility index (Phi) is 5.07. The molecule has 2 N–H and O–H groups in total. The van der Waals surface area contributed by atoms with Gasteiger partial charge in [-0.1, -0.05) is 36.4 Å². The van der Waals surface area contributed by atoms with Crippen LogP contribution >= 0.6 is 0 Å². The van der Waals surface area contributed by atoms with Crippen LogP contribution in [-0.2, 0) is 21.2 Å². The Morgan fingerprint density at radius 3 is 2.13 bits per heavy atom. The zero-order valence-corrected chi connectivity index (χ0v) is 12.6. The van der Waals surface area contributed by atoms with Crippen molar-refractivity contribution in [3.63, 3.8) is 0 Å². The first-order valence-electron chi connectivity index (χ1n) is 6.54. The van der Waals surface area contributed by atoms with E-state index in [2.05, 4.69) is 0 Å². The first kappa shape index (κ1) is 17.0. The van der Waals surface area contributed by atoms with Crippen molar-refractivity contribution >= 4 is 16.0 Å². The van der Waals surface area contributed by atoms with Gasteiger partial charge in [0.2, 0.25) is 10.0 Å². The Bertz CT molecular complexity index is 789. The van der Waals surface area contributed by atoms with Crippen LogP contribution < -0.4 is 4.72 Å².